The molecule has 21 heavy (non-hydrogen) atoms. The second-order valence-electron chi connectivity index (χ2n) is 4.99. The fourth-order valence-electron chi connectivity index (χ4n) is 2.59. The Labute approximate surface area is 128 Å². The highest BCUT2D eigenvalue weighted by Crippen LogP contribution is 2.24. The van der Waals surface area contributed by atoms with E-state index in [2.05, 4.69) is 22.7 Å². The second kappa shape index (κ2) is 5.27. The van der Waals surface area contributed by atoms with Crippen LogP contribution < -0.4 is 0 Å². The van der Waals surface area contributed by atoms with E-state index >= 15 is 0 Å². The summed E-state index contributed by atoms with van der Waals surface area (Å²) in [6.07, 6.45) is 2.02. The highest BCUT2D eigenvalue weighted by Gasteiger charge is 2.13. The molecule has 3 rings (SSSR count). The minimum atomic E-state index is 0.670. The number of aryl methyl sites for hydroxylation is 2. The van der Waals surface area contributed by atoms with Crippen LogP contribution in [-0.2, 0) is 13.1 Å². The predicted molar refractivity (Wildman–Crippen MR) is 83.4 cm³/mol. The number of hydrogen-bond acceptors (Lipinski definition) is 2. The van der Waals surface area contributed by atoms with Gasteiger partial charge in [0.2, 0.25) is 0 Å². The molecule has 1 aromatic carbocycles. The average molecular weight is 299 g/mol. The Morgan fingerprint density at radius 1 is 1.33 bits per heavy atom. The lowest BCUT2D eigenvalue weighted by atomic mass is 10.2. The fourth-order valence-corrected chi connectivity index (χ4v) is 2.78. The van der Waals surface area contributed by atoms with Gasteiger partial charge in [0, 0.05) is 23.6 Å². The molecule has 3 aromatic rings. The molecule has 0 N–H and O–H groups in total. The maximum Gasteiger partial charge on any atom is 0.0991 e. The van der Waals surface area contributed by atoms with Gasteiger partial charge in [0.1, 0.15) is 0 Å². The van der Waals surface area contributed by atoms with Gasteiger partial charge in [0.25, 0.3) is 0 Å². The van der Waals surface area contributed by atoms with Gasteiger partial charge >= 0.3 is 0 Å². The molecule has 0 radical (unpaired) electrons. The van der Waals surface area contributed by atoms with Crippen LogP contribution in [0, 0.1) is 18.3 Å². The molecule has 5 heteroatoms. The maximum atomic E-state index is 8.96. The lowest BCUT2D eigenvalue weighted by molar-refractivity contribution is 0.602. The number of hydrogen-bond donors (Lipinski definition) is 0. The molecule has 0 aliphatic carbocycles. The first-order chi connectivity index (χ1) is 10.1. The van der Waals surface area contributed by atoms with Gasteiger partial charge in [-0.3, -0.25) is 4.68 Å². The summed E-state index contributed by atoms with van der Waals surface area (Å²) in [5.74, 6) is 0. The first-order valence-corrected chi connectivity index (χ1v) is 7.22. The van der Waals surface area contributed by atoms with Crippen molar-refractivity contribution >= 4 is 22.5 Å². The fraction of sp³-hybridized carbons (Fsp3) is 0.250. The number of halogens is 1. The van der Waals surface area contributed by atoms with Gasteiger partial charge in [-0.15, -0.1) is 0 Å². The lowest BCUT2D eigenvalue weighted by Crippen LogP contribution is -2.07. The van der Waals surface area contributed by atoms with Crippen LogP contribution in [0.25, 0.3) is 10.9 Å². The van der Waals surface area contributed by atoms with Crippen LogP contribution in [0.1, 0.15) is 23.9 Å². The average Bonchev–Trinajstić information content (AvgIpc) is 3.02. The smallest absolute Gasteiger partial charge is 0.0991 e. The minimum Gasteiger partial charge on any atom is -0.341 e. The van der Waals surface area contributed by atoms with Crippen molar-refractivity contribution in [1.29, 1.82) is 5.26 Å². The van der Waals surface area contributed by atoms with Gasteiger partial charge in [-0.2, -0.15) is 10.4 Å². The maximum absolute atomic E-state index is 8.96. The quantitative estimate of drug-likeness (QED) is 0.739. The van der Waals surface area contributed by atoms with E-state index in [0.29, 0.717) is 12.1 Å². The van der Waals surface area contributed by atoms with Crippen LogP contribution >= 0.6 is 11.6 Å². The van der Waals surface area contributed by atoms with Crippen molar-refractivity contribution in [3.8, 4) is 6.07 Å². The van der Waals surface area contributed by atoms with E-state index in [-0.39, 0.29) is 0 Å². The SMILES string of the molecule is CCn1nc(C)c(Cl)c1Cn1ccc2cc(C#N)ccc21. The first kappa shape index (κ1) is 13.7. The molecule has 0 aliphatic rings. The first-order valence-electron chi connectivity index (χ1n) is 6.84. The standard InChI is InChI=1S/C16H15ClN4/c1-3-21-15(16(17)11(2)19-21)10-20-7-6-13-8-12(9-18)4-5-14(13)20/h4-8H,3,10H2,1-2H3. The van der Waals surface area contributed by atoms with E-state index in [1.165, 1.54) is 0 Å². The molecule has 2 aromatic heterocycles. The van der Waals surface area contributed by atoms with Crippen molar-refractivity contribution in [3.63, 3.8) is 0 Å². The molecule has 0 saturated carbocycles. The third-order valence-corrected chi connectivity index (χ3v) is 4.16. The van der Waals surface area contributed by atoms with E-state index < -0.39 is 0 Å². The molecule has 4 nitrogen and oxygen atoms in total. The van der Waals surface area contributed by atoms with Crippen LogP contribution in [-0.4, -0.2) is 14.3 Å². The van der Waals surface area contributed by atoms with Gasteiger partial charge in [0.15, 0.2) is 0 Å². The summed E-state index contributed by atoms with van der Waals surface area (Å²) in [5.41, 5.74) is 3.63. The second-order valence-corrected chi connectivity index (χ2v) is 5.37. The number of nitriles is 1. The summed E-state index contributed by atoms with van der Waals surface area (Å²) in [6.45, 7) is 5.44. The zero-order chi connectivity index (χ0) is 15.0. The normalized spacial score (nSPS) is 11.0. The summed E-state index contributed by atoms with van der Waals surface area (Å²) in [6, 6.07) is 9.89. The molecular formula is C16H15ClN4. The van der Waals surface area contributed by atoms with Gasteiger partial charge in [-0.25, -0.2) is 0 Å². The Bertz CT molecular complexity index is 851. The van der Waals surface area contributed by atoms with E-state index in [1.807, 2.05) is 42.1 Å². The van der Waals surface area contributed by atoms with Gasteiger partial charge in [-0.1, -0.05) is 11.6 Å². The number of rotatable bonds is 3. The molecular weight excluding hydrogens is 284 g/mol. The Hall–Kier alpha value is -2.25. The Morgan fingerprint density at radius 3 is 2.86 bits per heavy atom. The summed E-state index contributed by atoms with van der Waals surface area (Å²) in [5, 5.41) is 15.2. The Balaban J connectivity index is 2.05. The summed E-state index contributed by atoms with van der Waals surface area (Å²) in [4.78, 5) is 0. The number of fused-ring (bicyclic) bond motifs is 1. The van der Waals surface area contributed by atoms with Crippen LogP contribution in [0.2, 0.25) is 5.02 Å². The third kappa shape index (κ3) is 2.30. The van der Waals surface area contributed by atoms with E-state index in [4.69, 9.17) is 16.9 Å². The summed E-state index contributed by atoms with van der Waals surface area (Å²) >= 11 is 6.37. The van der Waals surface area contributed by atoms with Crippen LogP contribution in [0.5, 0.6) is 0 Å². The molecule has 0 saturated heterocycles. The summed E-state index contributed by atoms with van der Waals surface area (Å²) in [7, 11) is 0. The largest absolute Gasteiger partial charge is 0.341 e. The Kier molecular flexibility index (Phi) is 3.44. The zero-order valence-corrected chi connectivity index (χ0v) is 12.7. The van der Waals surface area contributed by atoms with E-state index in [9.17, 15) is 0 Å². The van der Waals surface area contributed by atoms with Crippen molar-refractivity contribution in [2.45, 2.75) is 26.9 Å². The van der Waals surface area contributed by atoms with Crippen LogP contribution in [0.3, 0.4) is 0 Å². The topological polar surface area (TPSA) is 46.5 Å². The van der Waals surface area contributed by atoms with Crippen molar-refractivity contribution < 1.29 is 0 Å². The van der Waals surface area contributed by atoms with E-state index in [0.717, 1.165) is 33.9 Å². The molecule has 106 valence electrons. The molecule has 0 unspecified atom stereocenters. The molecule has 0 fully saturated rings. The minimum absolute atomic E-state index is 0.670. The van der Waals surface area contributed by atoms with Gasteiger partial charge in [0.05, 0.1) is 34.6 Å². The van der Waals surface area contributed by atoms with E-state index in [1.54, 1.807) is 0 Å². The zero-order valence-electron chi connectivity index (χ0n) is 12.0. The van der Waals surface area contributed by atoms with Crippen LogP contribution in [0.15, 0.2) is 30.5 Å². The molecule has 0 spiro atoms. The van der Waals surface area contributed by atoms with Crippen molar-refractivity contribution in [3.05, 3.63) is 52.4 Å². The molecule has 0 amide bonds. The third-order valence-electron chi connectivity index (χ3n) is 3.67. The number of aromatic nitrogens is 3. The van der Waals surface area contributed by atoms with Crippen molar-refractivity contribution in [1.82, 2.24) is 14.3 Å². The van der Waals surface area contributed by atoms with Gasteiger partial charge < -0.3 is 4.57 Å². The molecule has 0 bridgehead atoms. The monoisotopic (exact) mass is 298 g/mol. The highest BCUT2D eigenvalue weighted by molar-refractivity contribution is 6.31. The van der Waals surface area contributed by atoms with Crippen molar-refractivity contribution in [2.24, 2.45) is 0 Å². The summed E-state index contributed by atoms with van der Waals surface area (Å²) < 4.78 is 4.07. The predicted octanol–water partition coefficient (Wildman–Crippen LogP) is 3.74. The Morgan fingerprint density at radius 2 is 2.14 bits per heavy atom. The molecule has 2 heterocycles. The van der Waals surface area contributed by atoms with Crippen LogP contribution in [0.4, 0.5) is 0 Å². The lowest BCUT2D eigenvalue weighted by Gasteiger charge is -2.08. The van der Waals surface area contributed by atoms with Crippen molar-refractivity contribution in [2.75, 3.05) is 0 Å². The highest BCUT2D eigenvalue weighted by atomic mass is 35.5. The number of benzene rings is 1. The van der Waals surface area contributed by atoms with Gasteiger partial charge in [-0.05, 0) is 38.1 Å². The number of nitrogens with zero attached hydrogens (tertiary/aromatic N) is 4. The molecule has 0 atom stereocenters. The molecule has 0 aliphatic heterocycles.